The van der Waals surface area contributed by atoms with E-state index in [1.165, 1.54) is 12.7 Å². The topological polar surface area (TPSA) is 91.3 Å². The lowest BCUT2D eigenvalue weighted by molar-refractivity contribution is -0.0156. The third-order valence-electron chi connectivity index (χ3n) is 6.20. The van der Waals surface area contributed by atoms with E-state index in [0.29, 0.717) is 12.4 Å². The lowest BCUT2D eigenvalue weighted by atomic mass is 10.2. The van der Waals surface area contributed by atoms with E-state index in [2.05, 4.69) is 33.1 Å². The second-order valence-corrected chi connectivity index (χ2v) is 8.18. The molecule has 158 valence electrons. The monoisotopic (exact) mass is 416 g/mol. The smallest absolute Gasteiger partial charge is 0.147 e. The normalized spacial score (nSPS) is 21.0. The molecule has 0 aliphatic carbocycles. The van der Waals surface area contributed by atoms with Crippen molar-refractivity contribution in [3.63, 3.8) is 0 Å². The number of hydrogen-bond donors (Lipinski definition) is 1. The van der Waals surface area contributed by atoms with Gasteiger partial charge in [0.15, 0.2) is 0 Å². The van der Waals surface area contributed by atoms with E-state index in [-0.39, 0.29) is 12.3 Å². The summed E-state index contributed by atoms with van der Waals surface area (Å²) in [6.45, 7) is 2.68. The number of anilines is 2. The van der Waals surface area contributed by atoms with Gasteiger partial charge in [-0.05, 0) is 49.6 Å². The maximum absolute atomic E-state index is 6.25. The molecule has 2 aliphatic rings. The summed E-state index contributed by atoms with van der Waals surface area (Å²) in [6, 6.07) is 12.2. The lowest BCUT2D eigenvalue weighted by Gasteiger charge is -2.32. The molecule has 31 heavy (non-hydrogen) atoms. The highest BCUT2D eigenvalue weighted by Crippen LogP contribution is 2.32. The van der Waals surface area contributed by atoms with Gasteiger partial charge in [0.2, 0.25) is 0 Å². The van der Waals surface area contributed by atoms with Crippen LogP contribution in [0.2, 0.25) is 0 Å². The number of aromatic nitrogens is 4. The summed E-state index contributed by atoms with van der Waals surface area (Å²) in [5.74, 6) is 2.35. The number of fused-ring (bicyclic) bond motifs is 2. The highest BCUT2D eigenvalue weighted by Gasteiger charge is 2.28. The van der Waals surface area contributed by atoms with Gasteiger partial charge in [-0.2, -0.15) is 0 Å². The fraction of sp³-hybridized carbons (Fsp3) is 0.348. The second kappa shape index (κ2) is 7.39. The number of rotatable bonds is 5. The summed E-state index contributed by atoms with van der Waals surface area (Å²) in [5, 5.41) is 1.97. The van der Waals surface area contributed by atoms with E-state index >= 15 is 0 Å². The van der Waals surface area contributed by atoms with Crippen molar-refractivity contribution in [1.82, 2.24) is 19.5 Å². The van der Waals surface area contributed by atoms with E-state index in [9.17, 15) is 0 Å². The van der Waals surface area contributed by atoms with Crippen molar-refractivity contribution >= 4 is 33.6 Å². The van der Waals surface area contributed by atoms with Crippen LogP contribution in [0.5, 0.6) is 5.75 Å². The molecular formula is C23H24N6O2. The van der Waals surface area contributed by atoms with Gasteiger partial charge in [0, 0.05) is 30.7 Å². The van der Waals surface area contributed by atoms with E-state index in [4.69, 9.17) is 20.2 Å². The lowest BCUT2D eigenvalue weighted by Crippen LogP contribution is -2.37. The standard InChI is InChI=1S/C23H24N6O2/c24-22-18-8-11-29(23(18)26-14-25-22)21-7-5-17(31-21)13-30-16-4-2-15-3-6-20(27-19(15)12-16)28-9-1-10-28/h2-4,6,8,11-12,14,17,21H,1,5,7,9-10,13H2,(H2,24,25,26)/t17-,21+/m0/s1. The molecule has 0 amide bonds. The minimum Gasteiger partial charge on any atom is -0.491 e. The van der Waals surface area contributed by atoms with Gasteiger partial charge < -0.3 is 24.7 Å². The largest absolute Gasteiger partial charge is 0.491 e. The molecule has 0 spiro atoms. The molecule has 1 aromatic carbocycles. The molecule has 2 fully saturated rings. The van der Waals surface area contributed by atoms with Gasteiger partial charge >= 0.3 is 0 Å². The maximum Gasteiger partial charge on any atom is 0.147 e. The van der Waals surface area contributed by atoms with E-state index in [1.54, 1.807) is 0 Å². The van der Waals surface area contributed by atoms with Crippen LogP contribution in [0.3, 0.4) is 0 Å². The van der Waals surface area contributed by atoms with E-state index < -0.39 is 0 Å². The minimum atomic E-state index is -0.0715. The Kier molecular flexibility index (Phi) is 4.38. The van der Waals surface area contributed by atoms with Crippen molar-refractivity contribution in [1.29, 1.82) is 0 Å². The summed E-state index contributed by atoms with van der Waals surface area (Å²) in [7, 11) is 0. The Hall–Kier alpha value is -3.39. The Balaban J connectivity index is 1.13. The first kappa shape index (κ1) is 18.4. The Labute approximate surface area is 179 Å². The molecule has 2 saturated heterocycles. The molecule has 3 aromatic heterocycles. The van der Waals surface area contributed by atoms with Crippen molar-refractivity contribution in [3.05, 3.63) is 48.9 Å². The zero-order valence-electron chi connectivity index (χ0n) is 17.1. The van der Waals surface area contributed by atoms with E-state index in [1.807, 2.05) is 29.0 Å². The summed E-state index contributed by atoms with van der Waals surface area (Å²) in [5.41, 5.74) is 7.72. The predicted molar refractivity (Wildman–Crippen MR) is 119 cm³/mol. The zero-order valence-corrected chi connectivity index (χ0v) is 17.1. The second-order valence-electron chi connectivity index (χ2n) is 8.18. The number of nitrogens with two attached hydrogens (primary N) is 1. The van der Waals surface area contributed by atoms with Crippen LogP contribution in [-0.4, -0.2) is 45.3 Å². The quantitative estimate of drug-likeness (QED) is 0.532. The first-order chi connectivity index (χ1) is 15.2. The van der Waals surface area contributed by atoms with Crippen molar-refractivity contribution in [2.24, 2.45) is 0 Å². The number of pyridine rings is 1. The number of ether oxygens (including phenoxy) is 2. The fourth-order valence-corrected chi connectivity index (χ4v) is 4.32. The van der Waals surface area contributed by atoms with Crippen LogP contribution < -0.4 is 15.4 Å². The average molecular weight is 416 g/mol. The number of nitrogens with zero attached hydrogens (tertiary/aromatic N) is 5. The molecule has 2 N–H and O–H groups in total. The van der Waals surface area contributed by atoms with Crippen LogP contribution in [0.1, 0.15) is 25.5 Å². The number of nitrogen functional groups attached to an aromatic ring is 1. The molecule has 6 rings (SSSR count). The Morgan fingerprint density at radius 1 is 1.10 bits per heavy atom. The number of benzene rings is 1. The molecule has 5 heterocycles. The maximum atomic E-state index is 6.25. The molecule has 8 nitrogen and oxygen atoms in total. The first-order valence-electron chi connectivity index (χ1n) is 10.8. The van der Waals surface area contributed by atoms with Gasteiger partial charge in [-0.1, -0.05) is 0 Å². The predicted octanol–water partition coefficient (Wildman–Crippen LogP) is 3.53. The van der Waals surface area contributed by atoms with Gasteiger partial charge in [0.25, 0.3) is 0 Å². The van der Waals surface area contributed by atoms with Crippen LogP contribution in [0.25, 0.3) is 21.9 Å². The third-order valence-corrected chi connectivity index (χ3v) is 6.20. The van der Waals surface area contributed by atoms with Crippen LogP contribution >= 0.6 is 0 Å². The Bertz CT molecular complexity index is 1250. The van der Waals surface area contributed by atoms with Crippen molar-refractivity contribution in [3.8, 4) is 5.75 Å². The average Bonchev–Trinajstić information content (AvgIpc) is 3.38. The molecular weight excluding hydrogens is 392 g/mol. The molecule has 8 heteroatoms. The van der Waals surface area contributed by atoms with Gasteiger partial charge in [-0.15, -0.1) is 0 Å². The first-order valence-corrected chi connectivity index (χ1v) is 10.8. The molecule has 4 aromatic rings. The molecule has 0 saturated carbocycles. The van der Waals surface area contributed by atoms with Gasteiger partial charge in [0.05, 0.1) is 17.0 Å². The van der Waals surface area contributed by atoms with Crippen molar-refractivity contribution in [2.75, 3.05) is 30.3 Å². The SMILES string of the molecule is Nc1ncnc2c1ccn2[C@H]1CC[C@@H](COc2ccc3ccc(N4CCC4)nc3c2)O1. The Morgan fingerprint density at radius 2 is 2.00 bits per heavy atom. The summed E-state index contributed by atoms with van der Waals surface area (Å²) in [6.07, 6.45) is 6.48. The highest BCUT2D eigenvalue weighted by molar-refractivity contribution is 5.86. The minimum absolute atomic E-state index is 0.0257. The van der Waals surface area contributed by atoms with Gasteiger partial charge in [0.1, 0.15) is 42.2 Å². The molecule has 0 unspecified atom stereocenters. The summed E-state index contributed by atoms with van der Waals surface area (Å²) in [4.78, 5) is 15.5. The zero-order chi connectivity index (χ0) is 20.8. The molecule has 2 atom stereocenters. The molecule has 0 bridgehead atoms. The molecule has 0 radical (unpaired) electrons. The summed E-state index contributed by atoms with van der Waals surface area (Å²) < 4.78 is 14.4. The van der Waals surface area contributed by atoms with Crippen LogP contribution in [-0.2, 0) is 4.74 Å². The van der Waals surface area contributed by atoms with Gasteiger partial charge in [-0.25, -0.2) is 15.0 Å². The number of hydrogen-bond acceptors (Lipinski definition) is 7. The van der Waals surface area contributed by atoms with Crippen LogP contribution in [0.15, 0.2) is 48.9 Å². The Morgan fingerprint density at radius 3 is 2.87 bits per heavy atom. The van der Waals surface area contributed by atoms with Crippen LogP contribution in [0, 0.1) is 0 Å². The third kappa shape index (κ3) is 3.33. The van der Waals surface area contributed by atoms with E-state index in [0.717, 1.165) is 59.4 Å². The van der Waals surface area contributed by atoms with Gasteiger partial charge in [-0.3, -0.25) is 0 Å². The highest BCUT2D eigenvalue weighted by atomic mass is 16.6. The van der Waals surface area contributed by atoms with Crippen molar-refractivity contribution < 1.29 is 9.47 Å². The van der Waals surface area contributed by atoms with Crippen LogP contribution in [0.4, 0.5) is 11.6 Å². The fourth-order valence-electron chi connectivity index (χ4n) is 4.32. The molecule has 2 aliphatic heterocycles. The summed E-state index contributed by atoms with van der Waals surface area (Å²) >= 11 is 0. The van der Waals surface area contributed by atoms with Crippen molar-refractivity contribution in [2.45, 2.75) is 31.6 Å².